The second-order valence-electron chi connectivity index (χ2n) is 7.42. The molecule has 3 aromatic carbocycles. The monoisotopic (exact) mass is 499 g/mol. The Morgan fingerprint density at radius 1 is 0.941 bits per heavy atom. The summed E-state index contributed by atoms with van der Waals surface area (Å²) in [5, 5.41) is 21.7. The summed E-state index contributed by atoms with van der Waals surface area (Å²) in [5.41, 5.74) is 0.789. The predicted octanol–water partition coefficient (Wildman–Crippen LogP) is 5.34. The van der Waals surface area contributed by atoms with E-state index in [4.69, 9.17) is 32.7 Å². The zero-order chi connectivity index (χ0) is 24.6. The Labute approximate surface area is 205 Å². The van der Waals surface area contributed by atoms with Gasteiger partial charge in [0.2, 0.25) is 0 Å². The Bertz CT molecular complexity index is 1320. The lowest BCUT2D eigenvalue weighted by Crippen LogP contribution is -2.29. The smallest absolute Gasteiger partial charge is 0.300 e. The fraction of sp³-hybridized carbons (Fsp3) is 0.120. The topological polar surface area (TPSA) is 96.3 Å². The van der Waals surface area contributed by atoms with Crippen LogP contribution in [0.2, 0.25) is 10.0 Å². The first-order valence-corrected chi connectivity index (χ1v) is 10.8. The molecule has 3 aromatic rings. The summed E-state index contributed by atoms with van der Waals surface area (Å²) >= 11 is 12.1. The predicted molar refractivity (Wildman–Crippen MR) is 129 cm³/mol. The lowest BCUT2D eigenvalue weighted by molar-refractivity contribution is -0.132. The van der Waals surface area contributed by atoms with E-state index in [1.54, 1.807) is 36.4 Å². The molecule has 7 nitrogen and oxygen atoms in total. The number of halogens is 2. The summed E-state index contributed by atoms with van der Waals surface area (Å²) in [6.45, 7) is 0. The number of phenolic OH excluding ortho intramolecular Hbond substituents is 1. The van der Waals surface area contributed by atoms with Crippen molar-refractivity contribution in [1.29, 1.82) is 0 Å². The number of ether oxygens (including phenoxy) is 2. The minimum Gasteiger partial charge on any atom is -0.507 e. The van der Waals surface area contributed by atoms with E-state index in [9.17, 15) is 19.8 Å². The number of benzene rings is 3. The van der Waals surface area contributed by atoms with Gasteiger partial charge in [0.15, 0.2) is 0 Å². The van der Waals surface area contributed by atoms with Crippen LogP contribution < -0.4 is 14.4 Å². The number of ketones is 1. The van der Waals surface area contributed by atoms with Gasteiger partial charge in [-0.15, -0.1) is 0 Å². The fourth-order valence-electron chi connectivity index (χ4n) is 3.85. The molecule has 0 bridgehead atoms. The molecule has 0 radical (unpaired) electrons. The number of anilines is 1. The molecule has 1 aliphatic rings. The highest BCUT2D eigenvalue weighted by Gasteiger charge is 2.47. The van der Waals surface area contributed by atoms with Crippen molar-refractivity contribution < 1.29 is 29.3 Å². The first-order valence-electron chi connectivity index (χ1n) is 10.0. The van der Waals surface area contributed by atoms with Gasteiger partial charge in [-0.05, 0) is 60.2 Å². The van der Waals surface area contributed by atoms with Gasteiger partial charge in [-0.2, -0.15) is 0 Å². The number of nitrogens with zero attached hydrogens (tertiary/aromatic N) is 1. The maximum absolute atomic E-state index is 13.3. The number of carbonyl (C=O) groups is 2. The lowest BCUT2D eigenvalue weighted by atomic mass is 9.94. The van der Waals surface area contributed by atoms with Gasteiger partial charge in [-0.3, -0.25) is 14.5 Å². The minimum atomic E-state index is -1.05. The molecule has 174 valence electrons. The van der Waals surface area contributed by atoms with E-state index >= 15 is 0 Å². The van der Waals surface area contributed by atoms with E-state index in [0.29, 0.717) is 22.0 Å². The summed E-state index contributed by atoms with van der Waals surface area (Å²) in [6, 6.07) is 14.3. The largest absolute Gasteiger partial charge is 0.507 e. The first-order chi connectivity index (χ1) is 16.3. The average molecular weight is 500 g/mol. The molecule has 0 aromatic heterocycles. The van der Waals surface area contributed by atoms with Crippen molar-refractivity contribution in [3.8, 4) is 17.2 Å². The second kappa shape index (κ2) is 9.29. The number of phenols is 1. The highest BCUT2D eigenvalue weighted by molar-refractivity contribution is 6.51. The van der Waals surface area contributed by atoms with E-state index in [1.165, 1.54) is 43.4 Å². The van der Waals surface area contributed by atoms with Gasteiger partial charge >= 0.3 is 0 Å². The van der Waals surface area contributed by atoms with Crippen molar-refractivity contribution in [2.24, 2.45) is 0 Å². The molecule has 34 heavy (non-hydrogen) atoms. The van der Waals surface area contributed by atoms with Crippen molar-refractivity contribution in [2.45, 2.75) is 6.04 Å². The molecule has 1 saturated heterocycles. The Hall–Kier alpha value is -3.68. The number of methoxy groups -OCH3 is 2. The first kappa shape index (κ1) is 23.5. The molecule has 1 amide bonds. The van der Waals surface area contributed by atoms with Gasteiger partial charge in [0.1, 0.15) is 23.0 Å². The highest BCUT2D eigenvalue weighted by Crippen LogP contribution is 2.45. The van der Waals surface area contributed by atoms with Gasteiger partial charge in [0.25, 0.3) is 11.7 Å². The van der Waals surface area contributed by atoms with Crippen LogP contribution in [0, 0.1) is 0 Å². The molecule has 2 N–H and O–H groups in total. The maximum atomic E-state index is 13.3. The van der Waals surface area contributed by atoms with Crippen LogP contribution in [0.4, 0.5) is 5.69 Å². The summed E-state index contributed by atoms with van der Waals surface area (Å²) in [7, 11) is 2.88. The molecule has 9 heteroatoms. The van der Waals surface area contributed by atoms with Gasteiger partial charge in [-0.1, -0.05) is 29.3 Å². The van der Waals surface area contributed by atoms with Gasteiger partial charge in [0, 0.05) is 10.7 Å². The maximum Gasteiger partial charge on any atom is 0.300 e. The number of hydrogen-bond donors (Lipinski definition) is 2. The molecular weight excluding hydrogens is 481 g/mol. The van der Waals surface area contributed by atoms with Gasteiger partial charge in [-0.25, -0.2) is 0 Å². The molecule has 0 aliphatic carbocycles. The molecule has 1 aliphatic heterocycles. The van der Waals surface area contributed by atoms with Crippen molar-refractivity contribution in [2.75, 3.05) is 19.1 Å². The summed E-state index contributed by atoms with van der Waals surface area (Å²) in [4.78, 5) is 27.7. The summed E-state index contributed by atoms with van der Waals surface area (Å²) < 4.78 is 10.6. The molecule has 1 unspecified atom stereocenters. The zero-order valence-electron chi connectivity index (χ0n) is 18.1. The van der Waals surface area contributed by atoms with Crippen LogP contribution in [0.5, 0.6) is 17.2 Å². The van der Waals surface area contributed by atoms with Crippen LogP contribution in [0.3, 0.4) is 0 Å². The van der Waals surface area contributed by atoms with Gasteiger partial charge in [0.05, 0.1) is 36.4 Å². The molecule has 4 rings (SSSR count). The minimum absolute atomic E-state index is 0.0261. The third-order valence-corrected chi connectivity index (χ3v) is 6.05. The Morgan fingerprint density at radius 3 is 2.26 bits per heavy atom. The number of Topliss-reactive ketones (excluding diaryl/α,β-unsaturated/α-hetero) is 1. The van der Waals surface area contributed by atoms with E-state index in [-0.39, 0.29) is 27.7 Å². The van der Waals surface area contributed by atoms with Crippen molar-refractivity contribution >= 4 is 46.3 Å². The number of amides is 1. The number of aliphatic hydroxyl groups is 1. The van der Waals surface area contributed by atoms with E-state index in [2.05, 4.69) is 0 Å². The van der Waals surface area contributed by atoms with Crippen LogP contribution in [0.25, 0.3) is 5.76 Å². The molecule has 1 atom stereocenters. The lowest BCUT2D eigenvalue weighted by Gasteiger charge is -2.26. The van der Waals surface area contributed by atoms with Crippen molar-refractivity contribution in [3.63, 3.8) is 0 Å². The van der Waals surface area contributed by atoms with E-state index in [0.717, 1.165) is 0 Å². The number of carbonyl (C=O) groups excluding carboxylic acids is 2. The molecule has 0 spiro atoms. The van der Waals surface area contributed by atoms with Crippen molar-refractivity contribution in [3.05, 3.63) is 87.4 Å². The molecular formula is C25H19Cl2NO6. The standard InChI is InChI=1S/C25H19Cl2NO6/c1-33-16-8-10-20(34-2)17(12-16)23(30)21-22(13-3-9-19(29)18(27)11-13)28(25(32)24(21)31)15-6-4-14(26)5-7-15/h3-12,22,29-30H,1-2H3/b23-21+. The molecule has 0 saturated carbocycles. The van der Waals surface area contributed by atoms with Gasteiger partial charge < -0.3 is 19.7 Å². The SMILES string of the molecule is COc1ccc(OC)c(/C(O)=C2\C(=O)C(=O)N(c3ccc(Cl)cc3)C2c2ccc(O)c(Cl)c2)c1. The normalized spacial score (nSPS) is 17.2. The number of aliphatic hydroxyl groups excluding tert-OH is 1. The Balaban J connectivity index is 2.00. The van der Waals surface area contributed by atoms with Crippen LogP contribution >= 0.6 is 23.2 Å². The third kappa shape index (κ3) is 4.04. The van der Waals surface area contributed by atoms with E-state index in [1.807, 2.05) is 0 Å². The Kier molecular flexibility index (Phi) is 6.41. The highest BCUT2D eigenvalue weighted by atomic mass is 35.5. The summed E-state index contributed by atoms with van der Waals surface area (Å²) in [6.07, 6.45) is 0. The Morgan fingerprint density at radius 2 is 1.65 bits per heavy atom. The molecule has 1 fully saturated rings. The quantitative estimate of drug-likeness (QED) is 0.279. The number of rotatable bonds is 5. The van der Waals surface area contributed by atoms with Crippen LogP contribution in [0.1, 0.15) is 17.2 Å². The summed E-state index contributed by atoms with van der Waals surface area (Å²) in [5.74, 6) is -1.66. The second-order valence-corrected chi connectivity index (χ2v) is 8.27. The number of hydrogen-bond acceptors (Lipinski definition) is 6. The van der Waals surface area contributed by atoms with Crippen LogP contribution in [0.15, 0.2) is 66.2 Å². The number of aromatic hydroxyl groups is 1. The fourth-order valence-corrected chi connectivity index (χ4v) is 4.17. The van der Waals surface area contributed by atoms with Crippen LogP contribution in [-0.2, 0) is 9.59 Å². The zero-order valence-corrected chi connectivity index (χ0v) is 19.6. The molecule has 1 heterocycles. The average Bonchev–Trinajstić information content (AvgIpc) is 3.11. The third-order valence-electron chi connectivity index (χ3n) is 5.50. The van der Waals surface area contributed by atoms with Crippen LogP contribution in [-0.4, -0.2) is 36.1 Å². The van der Waals surface area contributed by atoms with Crippen molar-refractivity contribution in [1.82, 2.24) is 0 Å². The van der Waals surface area contributed by atoms with E-state index < -0.39 is 23.5 Å².